The van der Waals surface area contributed by atoms with Gasteiger partial charge in [-0.15, -0.1) is 0 Å². The van der Waals surface area contributed by atoms with Crippen LogP contribution in [0.1, 0.15) is 24.6 Å². The third-order valence-electron chi connectivity index (χ3n) is 1.97. The molecule has 0 aromatic carbocycles. The number of nitrogens with two attached hydrogens (primary N) is 1. The van der Waals surface area contributed by atoms with E-state index in [1.165, 1.54) is 12.8 Å². The number of rotatable bonds is 3. The maximum absolute atomic E-state index is 5.70. The molecule has 1 aliphatic carbocycles. The lowest BCUT2D eigenvalue weighted by atomic mass is 10.4. The fourth-order valence-corrected chi connectivity index (χ4v) is 1.08. The maximum atomic E-state index is 5.70. The van der Waals surface area contributed by atoms with Crippen LogP contribution in [0, 0.1) is 12.8 Å². The van der Waals surface area contributed by atoms with Crippen molar-refractivity contribution in [2.75, 3.05) is 0 Å². The zero-order chi connectivity index (χ0) is 9.26. The Morgan fingerprint density at radius 1 is 1.69 bits per heavy atom. The Morgan fingerprint density at radius 2 is 2.46 bits per heavy atom. The second-order valence-electron chi connectivity index (χ2n) is 3.24. The Labute approximate surface area is 76.0 Å². The molecule has 0 aliphatic heterocycles. The third kappa shape index (κ3) is 2.05. The number of nitrogens with zero attached hydrogens (tertiary/aromatic N) is 3. The van der Waals surface area contributed by atoms with Crippen LogP contribution in [0.15, 0.2) is 9.52 Å². The number of aryl methyl sites for hydroxylation is 1. The number of hydrogen-bond donors (Lipinski definition) is 1. The molecule has 13 heavy (non-hydrogen) atoms. The van der Waals surface area contributed by atoms with E-state index in [0.717, 1.165) is 5.84 Å². The van der Waals surface area contributed by atoms with Crippen molar-refractivity contribution >= 4 is 5.84 Å². The highest BCUT2D eigenvalue weighted by molar-refractivity contribution is 5.84. The number of aromatic nitrogens is 2. The second kappa shape index (κ2) is 3.16. The topological polar surface area (TPSA) is 77.3 Å². The Bertz CT molecular complexity index is 327. The van der Waals surface area contributed by atoms with Crippen molar-refractivity contribution in [1.29, 1.82) is 0 Å². The predicted octanol–water partition coefficient (Wildman–Crippen LogP) is 0.645. The first-order valence-corrected chi connectivity index (χ1v) is 4.34. The normalized spacial score (nSPS) is 17.8. The highest BCUT2D eigenvalue weighted by Gasteiger charge is 2.25. The zero-order valence-corrected chi connectivity index (χ0v) is 7.53. The molecule has 1 heterocycles. The minimum Gasteiger partial charge on any atom is -0.387 e. The van der Waals surface area contributed by atoms with Crippen LogP contribution in [0.25, 0.3) is 0 Å². The Balaban J connectivity index is 1.94. The van der Waals surface area contributed by atoms with Crippen molar-refractivity contribution in [3.63, 3.8) is 0 Å². The van der Waals surface area contributed by atoms with Crippen LogP contribution in [0.2, 0.25) is 0 Å². The average Bonchev–Trinajstić information content (AvgIpc) is 2.87. The molecule has 5 nitrogen and oxygen atoms in total. The van der Waals surface area contributed by atoms with E-state index in [1.807, 2.05) is 0 Å². The number of aliphatic imine (C=N–C) groups is 1. The maximum Gasteiger partial charge on any atom is 0.223 e. The predicted molar refractivity (Wildman–Crippen MR) is 47.1 cm³/mol. The SMILES string of the molecule is Cc1nc(CN=C(N)C2CC2)no1. The first kappa shape index (κ1) is 8.22. The van der Waals surface area contributed by atoms with E-state index in [2.05, 4.69) is 15.1 Å². The molecule has 0 unspecified atom stereocenters. The molecule has 1 aliphatic rings. The fraction of sp³-hybridized carbons (Fsp3) is 0.625. The molecule has 5 heteroatoms. The monoisotopic (exact) mass is 180 g/mol. The molecular formula is C8H12N4O. The van der Waals surface area contributed by atoms with Gasteiger partial charge in [-0.05, 0) is 12.8 Å². The zero-order valence-electron chi connectivity index (χ0n) is 7.53. The van der Waals surface area contributed by atoms with E-state index in [-0.39, 0.29) is 0 Å². The molecule has 0 radical (unpaired) electrons. The summed E-state index contributed by atoms with van der Waals surface area (Å²) in [5.74, 6) is 2.40. The molecule has 1 fully saturated rings. The van der Waals surface area contributed by atoms with E-state index in [9.17, 15) is 0 Å². The van der Waals surface area contributed by atoms with E-state index >= 15 is 0 Å². The van der Waals surface area contributed by atoms with Crippen LogP contribution in [-0.4, -0.2) is 16.0 Å². The molecule has 1 aromatic rings. The molecular weight excluding hydrogens is 168 g/mol. The van der Waals surface area contributed by atoms with Crippen LogP contribution >= 0.6 is 0 Å². The summed E-state index contributed by atoms with van der Waals surface area (Å²) >= 11 is 0. The fourth-order valence-electron chi connectivity index (χ4n) is 1.08. The molecule has 0 amide bonds. The molecule has 0 bridgehead atoms. The largest absolute Gasteiger partial charge is 0.387 e. The lowest BCUT2D eigenvalue weighted by Gasteiger charge is -1.93. The van der Waals surface area contributed by atoms with Gasteiger partial charge in [-0.1, -0.05) is 5.16 Å². The van der Waals surface area contributed by atoms with Crippen molar-refractivity contribution in [3.05, 3.63) is 11.7 Å². The van der Waals surface area contributed by atoms with Gasteiger partial charge in [0.2, 0.25) is 5.89 Å². The van der Waals surface area contributed by atoms with Gasteiger partial charge in [0.05, 0.1) is 5.84 Å². The first-order valence-electron chi connectivity index (χ1n) is 4.34. The van der Waals surface area contributed by atoms with Crippen molar-refractivity contribution in [2.24, 2.45) is 16.6 Å². The second-order valence-corrected chi connectivity index (χ2v) is 3.24. The minimum absolute atomic E-state index is 0.430. The van der Waals surface area contributed by atoms with Crippen molar-refractivity contribution in [3.8, 4) is 0 Å². The lowest BCUT2D eigenvalue weighted by Crippen LogP contribution is -2.14. The van der Waals surface area contributed by atoms with Gasteiger partial charge >= 0.3 is 0 Å². The highest BCUT2D eigenvalue weighted by atomic mass is 16.5. The van der Waals surface area contributed by atoms with Crippen LogP contribution in [-0.2, 0) is 6.54 Å². The van der Waals surface area contributed by atoms with Gasteiger partial charge in [-0.25, -0.2) is 0 Å². The smallest absolute Gasteiger partial charge is 0.223 e. The highest BCUT2D eigenvalue weighted by Crippen LogP contribution is 2.28. The summed E-state index contributed by atoms with van der Waals surface area (Å²) in [6.45, 7) is 2.18. The number of hydrogen-bond acceptors (Lipinski definition) is 4. The third-order valence-corrected chi connectivity index (χ3v) is 1.97. The van der Waals surface area contributed by atoms with Gasteiger partial charge in [-0.2, -0.15) is 4.98 Å². The van der Waals surface area contributed by atoms with E-state index in [1.54, 1.807) is 6.92 Å². The van der Waals surface area contributed by atoms with Gasteiger partial charge in [0, 0.05) is 12.8 Å². The van der Waals surface area contributed by atoms with Gasteiger partial charge in [0.15, 0.2) is 5.82 Å². The molecule has 2 N–H and O–H groups in total. The van der Waals surface area contributed by atoms with Gasteiger partial charge in [0.1, 0.15) is 6.54 Å². The molecule has 1 saturated carbocycles. The lowest BCUT2D eigenvalue weighted by molar-refractivity contribution is 0.387. The summed E-state index contributed by atoms with van der Waals surface area (Å²) in [6, 6.07) is 0. The molecule has 70 valence electrons. The van der Waals surface area contributed by atoms with Crippen molar-refractivity contribution in [1.82, 2.24) is 10.1 Å². The number of amidine groups is 1. The van der Waals surface area contributed by atoms with Crippen LogP contribution in [0.3, 0.4) is 0 Å². The summed E-state index contributed by atoms with van der Waals surface area (Å²) < 4.78 is 4.80. The van der Waals surface area contributed by atoms with Crippen LogP contribution < -0.4 is 5.73 Å². The summed E-state index contributed by atoms with van der Waals surface area (Å²) in [5.41, 5.74) is 5.70. The summed E-state index contributed by atoms with van der Waals surface area (Å²) in [6.07, 6.45) is 2.33. The molecule has 0 saturated heterocycles. The standard InChI is InChI=1S/C8H12N4O/c1-5-11-7(12-13-5)4-10-8(9)6-2-3-6/h6H,2-4H2,1H3,(H2,9,10). The van der Waals surface area contributed by atoms with Crippen molar-refractivity contribution < 1.29 is 4.52 Å². The summed E-state index contributed by atoms with van der Waals surface area (Å²) in [4.78, 5) is 8.20. The summed E-state index contributed by atoms with van der Waals surface area (Å²) in [5, 5.41) is 3.72. The minimum atomic E-state index is 0.430. The van der Waals surface area contributed by atoms with Crippen molar-refractivity contribution in [2.45, 2.75) is 26.3 Å². The van der Waals surface area contributed by atoms with Gasteiger partial charge in [-0.3, -0.25) is 4.99 Å². The van der Waals surface area contributed by atoms with Gasteiger partial charge in [0.25, 0.3) is 0 Å². The van der Waals surface area contributed by atoms with E-state index in [0.29, 0.717) is 24.2 Å². The molecule has 0 atom stereocenters. The van der Waals surface area contributed by atoms with Crippen LogP contribution in [0.4, 0.5) is 0 Å². The Morgan fingerprint density at radius 3 is 3.00 bits per heavy atom. The molecule has 2 rings (SSSR count). The molecule has 0 spiro atoms. The average molecular weight is 180 g/mol. The van der Waals surface area contributed by atoms with E-state index in [4.69, 9.17) is 10.3 Å². The Kier molecular flexibility index (Phi) is 2.00. The summed E-state index contributed by atoms with van der Waals surface area (Å²) in [7, 11) is 0. The quantitative estimate of drug-likeness (QED) is 0.547. The van der Waals surface area contributed by atoms with Gasteiger partial charge < -0.3 is 10.3 Å². The van der Waals surface area contributed by atoms with Crippen LogP contribution in [0.5, 0.6) is 0 Å². The van der Waals surface area contributed by atoms with E-state index < -0.39 is 0 Å². The molecule has 1 aromatic heterocycles. The first-order chi connectivity index (χ1) is 6.25. The Hall–Kier alpha value is -1.39.